The van der Waals surface area contributed by atoms with Crippen LogP contribution < -0.4 is 0 Å². The van der Waals surface area contributed by atoms with Crippen molar-refractivity contribution in [3.8, 4) is 10.4 Å². The van der Waals surface area contributed by atoms with Gasteiger partial charge in [0, 0.05) is 15.3 Å². The van der Waals surface area contributed by atoms with Gasteiger partial charge >= 0.3 is 0 Å². The van der Waals surface area contributed by atoms with Gasteiger partial charge in [-0.15, -0.1) is 11.3 Å². The zero-order valence-corrected chi connectivity index (χ0v) is 13.8. The molecule has 0 aliphatic heterocycles. The van der Waals surface area contributed by atoms with Crippen molar-refractivity contribution >= 4 is 22.4 Å². The van der Waals surface area contributed by atoms with E-state index < -0.39 is 0 Å². The predicted molar refractivity (Wildman–Crippen MR) is 87.3 cm³/mol. The highest BCUT2D eigenvalue weighted by Gasteiger charge is 2.11. The maximum Gasteiger partial charge on any atom is 0.144 e. The molecule has 2 heterocycles. The van der Waals surface area contributed by atoms with Crippen LogP contribution in [0.25, 0.3) is 21.5 Å². The van der Waals surface area contributed by atoms with E-state index >= 15 is 0 Å². The van der Waals surface area contributed by atoms with E-state index in [1.165, 1.54) is 9.75 Å². The monoisotopic (exact) mass is 290 g/mol. The van der Waals surface area contributed by atoms with Gasteiger partial charge in [0.2, 0.25) is 0 Å². The maximum absolute atomic E-state index is 4.82. The summed E-state index contributed by atoms with van der Waals surface area (Å²) in [6.45, 7) is 12.1. The minimum Gasteiger partial charge on any atom is -0.243 e. The molecular weight excluding hydrogens is 268 g/mol. The molecule has 0 N–H and O–H groups in total. The topological polar surface area (TPSA) is 38.9 Å². The third kappa shape index (κ3) is 3.25. The molecule has 2 aromatic heterocycles. The molecule has 108 valence electrons. The Hall–Kier alpha value is -1.68. The molecule has 20 heavy (non-hydrogen) atoms. The molecule has 0 saturated carbocycles. The highest BCUT2D eigenvalue weighted by molar-refractivity contribution is 7.15. The summed E-state index contributed by atoms with van der Waals surface area (Å²) in [6.07, 6.45) is 0. The first-order chi connectivity index (χ1) is 9.75. The molecule has 0 spiro atoms. The van der Waals surface area contributed by atoms with E-state index in [2.05, 4.69) is 41.5 Å². The van der Waals surface area contributed by atoms with Crippen molar-refractivity contribution in [1.82, 2.24) is 10.3 Å². The molecular formula is C16H22N2OS. The molecule has 0 aliphatic rings. The number of rotatable bonds is 1. The number of hydrogen-bond donors (Lipinski definition) is 0. The first-order valence-corrected chi connectivity index (χ1v) is 7.86. The Balaban J connectivity index is 0.000000461. The normalized spacial score (nSPS) is 9.50. The van der Waals surface area contributed by atoms with Crippen molar-refractivity contribution in [3.63, 3.8) is 0 Å². The Bertz CT molecular complexity index is 655. The van der Waals surface area contributed by atoms with E-state index in [0.717, 1.165) is 22.2 Å². The Labute approximate surface area is 124 Å². The van der Waals surface area contributed by atoms with Crippen LogP contribution in [0.2, 0.25) is 0 Å². The Morgan fingerprint density at radius 3 is 2.10 bits per heavy atom. The lowest BCUT2D eigenvalue weighted by molar-refractivity contribution is 0.315. The van der Waals surface area contributed by atoms with Gasteiger partial charge in [0.25, 0.3) is 0 Å². The summed E-state index contributed by atoms with van der Waals surface area (Å²) in [5.41, 5.74) is 3.89. The second-order valence-electron chi connectivity index (χ2n) is 3.80. The van der Waals surface area contributed by atoms with Gasteiger partial charge in [-0.2, -0.15) is 0 Å². The first-order valence-electron chi connectivity index (χ1n) is 7.04. The number of benzene rings is 1. The summed E-state index contributed by atoms with van der Waals surface area (Å²) in [7, 11) is 0. The van der Waals surface area contributed by atoms with Crippen LogP contribution in [-0.2, 0) is 0 Å². The van der Waals surface area contributed by atoms with Crippen LogP contribution >= 0.6 is 11.3 Å². The molecule has 3 rings (SSSR count). The molecule has 3 aromatic rings. The van der Waals surface area contributed by atoms with E-state index in [1.807, 2.05) is 34.6 Å². The van der Waals surface area contributed by atoms with Crippen LogP contribution in [0.1, 0.15) is 38.1 Å². The van der Waals surface area contributed by atoms with Gasteiger partial charge in [-0.3, -0.25) is 0 Å². The van der Waals surface area contributed by atoms with Crippen molar-refractivity contribution in [1.29, 1.82) is 0 Å². The summed E-state index contributed by atoms with van der Waals surface area (Å²) in [5.74, 6) is 0. The summed E-state index contributed by atoms with van der Waals surface area (Å²) < 4.78 is 4.82. The molecule has 0 unspecified atom stereocenters. The van der Waals surface area contributed by atoms with Crippen LogP contribution in [0, 0.1) is 13.8 Å². The van der Waals surface area contributed by atoms with E-state index in [4.69, 9.17) is 4.63 Å². The third-order valence-corrected chi connectivity index (χ3v) is 3.66. The minimum absolute atomic E-state index is 0.849. The molecule has 0 amide bonds. The Kier molecular flexibility index (Phi) is 6.39. The molecule has 0 fully saturated rings. The molecule has 0 radical (unpaired) electrons. The van der Waals surface area contributed by atoms with Gasteiger partial charge in [-0.1, -0.05) is 39.8 Å². The number of aryl methyl sites for hydroxylation is 2. The molecule has 4 heteroatoms. The van der Waals surface area contributed by atoms with Crippen LogP contribution in [0.3, 0.4) is 0 Å². The van der Waals surface area contributed by atoms with Gasteiger partial charge in [-0.25, -0.2) is 4.63 Å². The lowest BCUT2D eigenvalue weighted by Crippen LogP contribution is -1.80. The summed E-state index contributed by atoms with van der Waals surface area (Å²) in [4.78, 5) is 2.50. The Morgan fingerprint density at radius 2 is 1.50 bits per heavy atom. The largest absolute Gasteiger partial charge is 0.243 e. The average molecular weight is 290 g/mol. The summed E-state index contributed by atoms with van der Waals surface area (Å²) in [6, 6.07) is 8.35. The van der Waals surface area contributed by atoms with Crippen molar-refractivity contribution in [2.75, 3.05) is 0 Å². The molecule has 0 aliphatic carbocycles. The minimum atomic E-state index is 0.849. The number of hydrogen-bond acceptors (Lipinski definition) is 4. The number of aromatic nitrogens is 2. The molecule has 0 atom stereocenters. The lowest BCUT2D eigenvalue weighted by atomic mass is 10.1. The molecule has 1 aromatic carbocycles. The van der Waals surface area contributed by atoms with Crippen molar-refractivity contribution in [3.05, 3.63) is 34.7 Å². The average Bonchev–Trinajstić information content (AvgIpc) is 3.13. The maximum atomic E-state index is 4.82. The first kappa shape index (κ1) is 16.4. The predicted octanol–water partition coefficient (Wildman–Crippen LogP) is 5.62. The Morgan fingerprint density at radius 1 is 0.850 bits per heavy atom. The SMILES string of the molecule is CC.CC.Cc1ccc(-c2ccc(C)c3nonc23)s1. The van der Waals surface area contributed by atoms with Crippen LogP contribution in [0.5, 0.6) is 0 Å². The van der Waals surface area contributed by atoms with Crippen molar-refractivity contribution < 1.29 is 4.63 Å². The van der Waals surface area contributed by atoms with Crippen LogP contribution in [0.4, 0.5) is 0 Å². The third-order valence-electron chi connectivity index (χ3n) is 2.62. The highest BCUT2D eigenvalue weighted by Crippen LogP contribution is 2.33. The number of thiophene rings is 1. The second-order valence-corrected chi connectivity index (χ2v) is 5.09. The van der Waals surface area contributed by atoms with Gasteiger partial charge in [0.15, 0.2) is 0 Å². The fraction of sp³-hybridized carbons (Fsp3) is 0.375. The smallest absolute Gasteiger partial charge is 0.144 e. The molecule has 3 nitrogen and oxygen atoms in total. The zero-order valence-electron chi connectivity index (χ0n) is 13.0. The van der Waals surface area contributed by atoms with E-state index in [-0.39, 0.29) is 0 Å². The van der Waals surface area contributed by atoms with E-state index in [0.29, 0.717) is 0 Å². The fourth-order valence-electron chi connectivity index (χ4n) is 1.77. The molecule has 0 bridgehead atoms. The summed E-state index contributed by atoms with van der Waals surface area (Å²) >= 11 is 1.76. The molecule has 0 saturated heterocycles. The van der Waals surface area contributed by atoms with Crippen LogP contribution in [0.15, 0.2) is 28.9 Å². The van der Waals surface area contributed by atoms with Gasteiger partial charge in [0.05, 0.1) is 0 Å². The summed E-state index contributed by atoms with van der Waals surface area (Å²) in [5, 5.41) is 7.92. The van der Waals surface area contributed by atoms with Crippen LogP contribution in [-0.4, -0.2) is 10.3 Å². The second kappa shape index (κ2) is 7.80. The van der Waals surface area contributed by atoms with E-state index in [1.54, 1.807) is 11.3 Å². The van der Waals surface area contributed by atoms with Crippen molar-refractivity contribution in [2.45, 2.75) is 41.5 Å². The van der Waals surface area contributed by atoms with Gasteiger partial charge in [-0.05, 0) is 41.9 Å². The number of fused-ring (bicyclic) bond motifs is 1. The standard InChI is InChI=1S/C12H10N2OS.2C2H6/c1-7-3-5-9(10-6-4-8(2)16-10)12-11(7)13-15-14-12;2*1-2/h3-6H,1-2H3;2*1-2H3. The van der Waals surface area contributed by atoms with E-state index in [9.17, 15) is 0 Å². The number of nitrogens with zero attached hydrogens (tertiary/aromatic N) is 2. The highest BCUT2D eigenvalue weighted by atomic mass is 32.1. The zero-order chi connectivity index (χ0) is 15.1. The lowest BCUT2D eigenvalue weighted by Gasteiger charge is -1.98. The fourth-order valence-corrected chi connectivity index (χ4v) is 2.66. The van der Waals surface area contributed by atoms with Gasteiger partial charge in [0.1, 0.15) is 11.0 Å². The van der Waals surface area contributed by atoms with Crippen molar-refractivity contribution in [2.24, 2.45) is 0 Å². The quantitative estimate of drug-likeness (QED) is 0.583. The van der Waals surface area contributed by atoms with Gasteiger partial charge < -0.3 is 0 Å².